The van der Waals surface area contributed by atoms with E-state index in [1.54, 1.807) is 44.2 Å². The lowest BCUT2D eigenvalue weighted by Crippen LogP contribution is -2.28. The van der Waals surface area contributed by atoms with Crippen molar-refractivity contribution >= 4 is 32.4 Å². The van der Waals surface area contributed by atoms with Crippen LogP contribution in [0.5, 0.6) is 0 Å². The van der Waals surface area contributed by atoms with Gasteiger partial charge in [0.25, 0.3) is 11.5 Å². The van der Waals surface area contributed by atoms with Crippen LogP contribution >= 0.6 is 0 Å². The number of nitrogens with one attached hydrogen (secondary N) is 1. The van der Waals surface area contributed by atoms with Gasteiger partial charge < -0.3 is 5.32 Å². The molecule has 0 spiro atoms. The summed E-state index contributed by atoms with van der Waals surface area (Å²) in [6.45, 7) is 3.80. The number of hydrogen-bond acceptors (Lipinski definition) is 5. The zero-order valence-corrected chi connectivity index (χ0v) is 20.8. The van der Waals surface area contributed by atoms with Gasteiger partial charge in [-0.25, -0.2) is 17.4 Å². The number of amides is 1. The molecular weight excluding hydrogens is 464 g/mol. The molecule has 1 amide bonds. The number of carbonyl (C=O) groups is 1. The zero-order chi connectivity index (χ0) is 25.3. The third-order valence-electron chi connectivity index (χ3n) is 5.93. The summed E-state index contributed by atoms with van der Waals surface area (Å²) in [6.07, 6.45) is 0. The lowest BCUT2D eigenvalue weighted by Gasteiger charge is -2.17. The molecule has 1 aromatic heterocycles. The monoisotopic (exact) mass is 490 g/mol. The molecule has 0 saturated carbocycles. The quantitative estimate of drug-likeness (QED) is 0.445. The first-order valence-electron chi connectivity index (χ1n) is 11.0. The molecule has 8 nitrogen and oxygen atoms in total. The zero-order valence-electron chi connectivity index (χ0n) is 19.9. The number of sulfonamides is 1. The van der Waals surface area contributed by atoms with Gasteiger partial charge in [0.05, 0.1) is 16.8 Å². The van der Waals surface area contributed by atoms with Crippen LogP contribution in [0.25, 0.3) is 10.8 Å². The molecule has 0 saturated heterocycles. The van der Waals surface area contributed by atoms with Crippen LogP contribution in [0.1, 0.15) is 27.2 Å². The number of benzene rings is 3. The van der Waals surface area contributed by atoms with Crippen LogP contribution in [0.4, 0.5) is 5.69 Å². The number of carbonyl (C=O) groups excluding carboxylic acids is 1. The second kappa shape index (κ2) is 9.44. The molecule has 0 bridgehead atoms. The summed E-state index contributed by atoms with van der Waals surface area (Å²) in [5.41, 5.74) is 2.47. The van der Waals surface area contributed by atoms with Gasteiger partial charge in [0.15, 0.2) is 5.69 Å². The predicted octanol–water partition coefficient (Wildman–Crippen LogP) is 3.56. The van der Waals surface area contributed by atoms with Crippen LogP contribution in [0.2, 0.25) is 0 Å². The molecule has 0 aliphatic carbocycles. The molecule has 0 aliphatic heterocycles. The summed E-state index contributed by atoms with van der Waals surface area (Å²) in [6, 6.07) is 19.2. The van der Waals surface area contributed by atoms with Crippen molar-refractivity contribution in [2.24, 2.45) is 0 Å². The molecule has 35 heavy (non-hydrogen) atoms. The van der Waals surface area contributed by atoms with Crippen molar-refractivity contribution in [3.05, 3.63) is 99.5 Å². The van der Waals surface area contributed by atoms with Gasteiger partial charge in [-0.15, -0.1) is 0 Å². The molecule has 180 valence electrons. The standard InChI is InChI=1S/C26H26N4O4S/c1-17-14-20(35(33,34)29(3)4)15-23(18(17)2)27-25(31)24-21-12-8-9-13-22(21)26(32)30(28-24)16-19-10-6-5-7-11-19/h5-15H,16H2,1-4H3,(H,27,31). The Morgan fingerprint density at radius 3 is 2.26 bits per heavy atom. The first kappa shape index (κ1) is 24.3. The second-order valence-corrected chi connectivity index (χ2v) is 10.6. The number of fused-ring (bicyclic) bond motifs is 1. The molecule has 0 aliphatic rings. The van der Waals surface area contributed by atoms with Crippen LogP contribution in [0.15, 0.2) is 76.4 Å². The highest BCUT2D eigenvalue weighted by Crippen LogP contribution is 2.26. The van der Waals surface area contributed by atoms with Crippen LogP contribution in [0, 0.1) is 13.8 Å². The van der Waals surface area contributed by atoms with E-state index >= 15 is 0 Å². The molecule has 4 aromatic rings. The Hall–Kier alpha value is -3.82. The molecule has 9 heteroatoms. The van der Waals surface area contributed by atoms with E-state index in [0.29, 0.717) is 16.5 Å². The Bertz CT molecular complexity index is 1590. The van der Waals surface area contributed by atoms with Crippen molar-refractivity contribution in [2.45, 2.75) is 25.3 Å². The van der Waals surface area contributed by atoms with Gasteiger partial charge >= 0.3 is 0 Å². The number of aryl methyl sites for hydroxylation is 1. The average Bonchev–Trinajstić information content (AvgIpc) is 2.84. The second-order valence-electron chi connectivity index (χ2n) is 8.50. The molecule has 3 aromatic carbocycles. The topological polar surface area (TPSA) is 101 Å². The summed E-state index contributed by atoms with van der Waals surface area (Å²) >= 11 is 0. The third-order valence-corrected chi connectivity index (χ3v) is 7.72. The summed E-state index contributed by atoms with van der Waals surface area (Å²) in [5, 5.41) is 8.03. The average molecular weight is 491 g/mol. The van der Waals surface area contributed by atoms with E-state index in [4.69, 9.17) is 0 Å². The van der Waals surface area contributed by atoms with Gasteiger partial charge in [0.1, 0.15) is 0 Å². The number of aromatic nitrogens is 2. The van der Waals surface area contributed by atoms with Crippen LogP contribution in [0.3, 0.4) is 0 Å². The molecule has 1 N–H and O–H groups in total. The Balaban J connectivity index is 1.80. The van der Waals surface area contributed by atoms with Gasteiger partial charge in [-0.3, -0.25) is 9.59 Å². The highest BCUT2D eigenvalue weighted by Gasteiger charge is 2.22. The van der Waals surface area contributed by atoms with Crippen molar-refractivity contribution in [3.8, 4) is 0 Å². The van der Waals surface area contributed by atoms with E-state index in [-0.39, 0.29) is 22.7 Å². The highest BCUT2D eigenvalue weighted by atomic mass is 32.2. The van der Waals surface area contributed by atoms with E-state index in [1.165, 1.54) is 24.8 Å². The predicted molar refractivity (Wildman–Crippen MR) is 136 cm³/mol. The minimum absolute atomic E-state index is 0.0766. The van der Waals surface area contributed by atoms with Gasteiger partial charge in [-0.1, -0.05) is 48.5 Å². The molecule has 4 rings (SSSR count). The SMILES string of the molecule is Cc1cc(S(=O)(=O)N(C)C)cc(NC(=O)c2nn(Cc3ccccc3)c(=O)c3ccccc23)c1C. The first-order valence-corrected chi connectivity index (χ1v) is 12.4. The Morgan fingerprint density at radius 2 is 1.60 bits per heavy atom. The maximum absolute atomic E-state index is 13.5. The maximum Gasteiger partial charge on any atom is 0.276 e. The molecule has 0 radical (unpaired) electrons. The van der Waals surface area contributed by atoms with Crippen LogP contribution in [-0.4, -0.2) is 42.5 Å². The smallest absolute Gasteiger partial charge is 0.276 e. The maximum atomic E-state index is 13.5. The highest BCUT2D eigenvalue weighted by molar-refractivity contribution is 7.89. The minimum Gasteiger partial charge on any atom is -0.320 e. The lowest BCUT2D eigenvalue weighted by molar-refractivity contribution is 0.102. The van der Waals surface area contributed by atoms with Gasteiger partial charge in [-0.2, -0.15) is 5.10 Å². The number of nitrogens with zero attached hydrogens (tertiary/aromatic N) is 3. The lowest BCUT2D eigenvalue weighted by atomic mass is 10.1. The van der Waals surface area contributed by atoms with Gasteiger partial charge in [0.2, 0.25) is 10.0 Å². The molecule has 0 fully saturated rings. The summed E-state index contributed by atoms with van der Waals surface area (Å²) in [4.78, 5) is 26.6. The fourth-order valence-corrected chi connectivity index (χ4v) is 4.78. The first-order chi connectivity index (χ1) is 16.6. The molecule has 0 unspecified atom stereocenters. The van der Waals surface area contributed by atoms with E-state index in [0.717, 1.165) is 21.0 Å². The fraction of sp³-hybridized carbons (Fsp3) is 0.192. The molecule has 1 heterocycles. The van der Waals surface area contributed by atoms with Gasteiger partial charge in [-0.05, 0) is 48.7 Å². The van der Waals surface area contributed by atoms with Crippen molar-refractivity contribution < 1.29 is 13.2 Å². The number of hydrogen-bond donors (Lipinski definition) is 1. The van der Waals surface area contributed by atoms with E-state index in [1.807, 2.05) is 30.3 Å². The van der Waals surface area contributed by atoms with Crippen LogP contribution < -0.4 is 10.9 Å². The Morgan fingerprint density at radius 1 is 0.971 bits per heavy atom. The van der Waals surface area contributed by atoms with Crippen molar-refractivity contribution in [1.82, 2.24) is 14.1 Å². The van der Waals surface area contributed by atoms with E-state index in [2.05, 4.69) is 10.4 Å². The largest absolute Gasteiger partial charge is 0.320 e. The fourth-order valence-electron chi connectivity index (χ4n) is 3.76. The number of anilines is 1. The summed E-state index contributed by atoms with van der Waals surface area (Å²) < 4.78 is 27.8. The van der Waals surface area contributed by atoms with Crippen molar-refractivity contribution in [3.63, 3.8) is 0 Å². The minimum atomic E-state index is -3.70. The van der Waals surface area contributed by atoms with Crippen molar-refractivity contribution in [2.75, 3.05) is 19.4 Å². The Labute approximate surface area is 203 Å². The summed E-state index contributed by atoms with van der Waals surface area (Å²) in [5.74, 6) is -0.537. The van der Waals surface area contributed by atoms with Crippen LogP contribution in [-0.2, 0) is 16.6 Å². The van der Waals surface area contributed by atoms with E-state index in [9.17, 15) is 18.0 Å². The van der Waals surface area contributed by atoms with Crippen molar-refractivity contribution in [1.29, 1.82) is 0 Å². The number of rotatable bonds is 6. The molecule has 0 atom stereocenters. The van der Waals surface area contributed by atoms with E-state index < -0.39 is 15.9 Å². The van der Waals surface area contributed by atoms with Gasteiger partial charge in [0, 0.05) is 25.2 Å². The Kier molecular flexibility index (Phi) is 6.56. The summed E-state index contributed by atoms with van der Waals surface area (Å²) in [7, 11) is -0.793. The normalized spacial score (nSPS) is 11.7. The third kappa shape index (κ3) is 4.73. The molecular formula is C26H26N4O4S.